The quantitative estimate of drug-likeness (QED) is 0.696. The normalized spacial score (nSPS) is 18.5. The number of fused-ring (bicyclic) bond motifs is 1. The highest BCUT2D eigenvalue weighted by atomic mass is 35.5. The summed E-state index contributed by atoms with van der Waals surface area (Å²) in [6.07, 6.45) is 3.83. The molecule has 2 heterocycles. The second-order valence-electron chi connectivity index (χ2n) is 6.30. The second kappa shape index (κ2) is 5.89. The number of halogens is 1. The van der Waals surface area contributed by atoms with E-state index in [-0.39, 0.29) is 0 Å². The summed E-state index contributed by atoms with van der Waals surface area (Å²) in [6.45, 7) is 3.41. The lowest BCUT2D eigenvalue weighted by Crippen LogP contribution is -2.37. The highest BCUT2D eigenvalue weighted by molar-refractivity contribution is 6.33. The lowest BCUT2D eigenvalue weighted by molar-refractivity contribution is 0.485. The summed E-state index contributed by atoms with van der Waals surface area (Å²) in [7, 11) is 0. The molecule has 0 radical (unpaired) electrons. The average molecular weight is 326 g/mol. The first kappa shape index (κ1) is 14.6. The number of hydrogen-bond acceptors (Lipinski definition) is 2. The Labute approximate surface area is 141 Å². The molecule has 0 spiro atoms. The minimum absolute atomic E-state index is 0.577. The van der Waals surface area contributed by atoms with Crippen molar-refractivity contribution >= 4 is 28.3 Å². The third kappa shape index (κ3) is 2.70. The molecule has 4 rings (SSSR count). The SMILES string of the molecule is CC1CCCCN1c1ccc(Cl)c(-c2nc3ccccc3[nH]2)c1. The summed E-state index contributed by atoms with van der Waals surface area (Å²) >= 11 is 6.46. The van der Waals surface area contributed by atoms with E-state index in [4.69, 9.17) is 16.6 Å². The van der Waals surface area contributed by atoms with Crippen molar-refractivity contribution < 1.29 is 0 Å². The number of nitrogens with zero attached hydrogens (tertiary/aromatic N) is 2. The van der Waals surface area contributed by atoms with Crippen LogP contribution in [0.3, 0.4) is 0 Å². The number of nitrogens with one attached hydrogen (secondary N) is 1. The Morgan fingerprint density at radius 2 is 2.04 bits per heavy atom. The highest BCUT2D eigenvalue weighted by Crippen LogP contribution is 2.33. The maximum Gasteiger partial charge on any atom is 0.140 e. The van der Waals surface area contributed by atoms with Crippen LogP contribution in [0.15, 0.2) is 42.5 Å². The topological polar surface area (TPSA) is 31.9 Å². The number of aromatic nitrogens is 2. The van der Waals surface area contributed by atoms with Crippen LogP contribution in [0.5, 0.6) is 0 Å². The Morgan fingerprint density at radius 1 is 1.17 bits per heavy atom. The molecule has 1 atom stereocenters. The van der Waals surface area contributed by atoms with Crippen LogP contribution in [0.2, 0.25) is 5.02 Å². The molecular formula is C19H20ClN3. The van der Waals surface area contributed by atoms with Gasteiger partial charge < -0.3 is 9.88 Å². The fourth-order valence-electron chi connectivity index (χ4n) is 3.44. The van der Waals surface area contributed by atoms with Gasteiger partial charge in [0, 0.05) is 23.8 Å². The fourth-order valence-corrected chi connectivity index (χ4v) is 3.64. The molecule has 0 saturated carbocycles. The van der Waals surface area contributed by atoms with Gasteiger partial charge in [0.05, 0.1) is 16.1 Å². The van der Waals surface area contributed by atoms with Crippen LogP contribution < -0.4 is 4.90 Å². The van der Waals surface area contributed by atoms with Crippen molar-refractivity contribution in [1.29, 1.82) is 0 Å². The summed E-state index contributed by atoms with van der Waals surface area (Å²) in [4.78, 5) is 10.5. The van der Waals surface area contributed by atoms with Gasteiger partial charge in [0.25, 0.3) is 0 Å². The number of anilines is 1. The van der Waals surface area contributed by atoms with E-state index in [0.717, 1.165) is 34.0 Å². The highest BCUT2D eigenvalue weighted by Gasteiger charge is 2.20. The zero-order valence-corrected chi connectivity index (χ0v) is 14.0. The van der Waals surface area contributed by atoms with Crippen LogP contribution in [0.4, 0.5) is 5.69 Å². The van der Waals surface area contributed by atoms with E-state index >= 15 is 0 Å². The minimum Gasteiger partial charge on any atom is -0.369 e. The van der Waals surface area contributed by atoms with Crippen molar-refractivity contribution in [3.8, 4) is 11.4 Å². The Bertz CT molecular complexity index is 807. The van der Waals surface area contributed by atoms with Gasteiger partial charge in [-0.25, -0.2) is 4.98 Å². The van der Waals surface area contributed by atoms with Crippen molar-refractivity contribution in [2.45, 2.75) is 32.2 Å². The summed E-state index contributed by atoms with van der Waals surface area (Å²) in [5.41, 5.74) is 4.21. The molecule has 0 aliphatic carbocycles. The monoisotopic (exact) mass is 325 g/mol. The van der Waals surface area contributed by atoms with E-state index in [1.54, 1.807) is 0 Å². The van der Waals surface area contributed by atoms with E-state index in [0.29, 0.717) is 6.04 Å². The molecule has 0 bridgehead atoms. The maximum atomic E-state index is 6.46. The van der Waals surface area contributed by atoms with E-state index < -0.39 is 0 Å². The van der Waals surface area contributed by atoms with Crippen LogP contribution in [0, 0.1) is 0 Å². The van der Waals surface area contributed by atoms with Crippen LogP contribution in [-0.4, -0.2) is 22.6 Å². The third-order valence-electron chi connectivity index (χ3n) is 4.73. The van der Waals surface area contributed by atoms with Crippen molar-refractivity contribution in [3.63, 3.8) is 0 Å². The number of piperidine rings is 1. The van der Waals surface area contributed by atoms with Gasteiger partial charge in [-0.15, -0.1) is 0 Å². The molecule has 1 aromatic heterocycles. The van der Waals surface area contributed by atoms with Crippen LogP contribution >= 0.6 is 11.6 Å². The predicted molar refractivity (Wildman–Crippen MR) is 97.2 cm³/mol. The van der Waals surface area contributed by atoms with E-state index in [9.17, 15) is 0 Å². The Hall–Kier alpha value is -2.00. The van der Waals surface area contributed by atoms with E-state index in [2.05, 4.69) is 28.9 Å². The zero-order valence-electron chi connectivity index (χ0n) is 13.2. The number of hydrogen-bond donors (Lipinski definition) is 1. The molecule has 0 amide bonds. The first-order chi connectivity index (χ1) is 11.2. The summed E-state index contributed by atoms with van der Waals surface area (Å²) in [6, 6.07) is 14.9. The van der Waals surface area contributed by atoms with E-state index in [1.165, 1.54) is 24.9 Å². The standard InChI is InChI=1S/C19H20ClN3/c1-13-6-4-5-11-23(13)14-9-10-16(20)15(12-14)19-21-17-7-2-3-8-18(17)22-19/h2-3,7-10,12-13H,4-6,11H2,1H3,(H,21,22). The summed E-state index contributed by atoms with van der Waals surface area (Å²) in [5.74, 6) is 0.836. The van der Waals surface area contributed by atoms with Crippen LogP contribution in [-0.2, 0) is 0 Å². The average Bonchev–Trinajstić information content (AvgIpc) is 3.00. The van der Waals surface area contributed by atoms with Gasteiger partial charge in [0.15, 0.2) is 0 Å². The molecule has 1 saturated heterocycles. The Morgan fingerprint density at radius 3 is 2.87 bits per heavy atom. The third-order valence-corrected chi connectivity index (χ3v) is 5.06. The van der Waals surface area contributed by atoms with Gasteiger partial charge in [0.2, 0.25) is 0 Å². The molecule has 1 unspecified atom stereocenters. The van der Waals surface area contributed by atoms with Crippen LogP contribution in [0.1, 0.15) is 26.2 Å². The largest absolute Gasteiger partial charge is 0.369 e. The number of aromatic amines is 1. The summed E-state index contributed by atoms with van der Waals surface area (Å²) < 4.78 is 0. The van der Waals surface area contributed by atoms with Gasteiger partial charge in [-0.1, -0.05) is 23.7 Å². The molecule has 1 aliphatic heterocycles. The minimum atomic E-state index is 0.577. The molecule has 3 nitrogen and oxygen atoms in total. The molecule has 23 heavy (non-hydrogen) atoms. The first-order valence-electron chi connectivity index (χ1n) is 8.24. The lowest BCUT2D eigenvalue weighted by atomic mass is 10.0. The lowest BCUT2D eigenvalue weighted by Gasteiger charge is -2.35. The molecule has 3 aromatic rings. The number of H-pyrrole nitrogens is 1. The van der Waals surface area contributed by atoms with E-state index in [1.807, 2.05) is 30.3 Å². The van der Waals surface area contributed by atoms with Gasteiger partial charge in [-0.3, -0.25) is 0 Å². The molecule has 1 aliphatic rings. The Kier molecular flexibility index (Phi) is 3.74. The summed E-state index contributed by atoms with van der Waals surface area (Å²) in [5, 5.41) is 0.734. The van der Waals surface area contributed by atoms with Crippen molar-refractivity contribution in [2.24, 2.45) is 0 Å². The fraction of sp³-hybridized carbons (Fsp3) is 0.316. The number of imidazole rings is 1. The molecule has 1 N–H and O–H groups in total. The number of rotatable bonds is 2. The molecule has 4 heteroatoms. The Balaban J connectivity index is 1.77. The van der Waals surface area contributed by atoms with Crippen molar-refractivity contribution in [3.05, 3.63) is 47.5 Å². The van der Waals surface area contributed by atoms with Gasteiger partial charge in [-0.2, -0.15) is 0 Å². The predicted octanol–water partition coefficient (Wildman–Crippen LogP) is 5.26. The zero-order chi connectivity index (χ0) is 15.8. The van der Waals surface area contributed by atoms with Crippen LogP contribution in [0.25, 0.3) is 22.4 Å². The van der Waals surface area contributed by atoms with Gasteiger partial charge >= 0.3 is 0 Å². The number of para-hydroxylation sites is 2. The van der Waals surface area contributed by atoms with Crippen molar-refractivity contribution in [2.75, 3.05) is 11.4 Å². The molecule has 1 fully saturated rings. The van der Waals surface area contributed by atoms with Gasteiger partial charge in [0.1, 0.15) is 5.82 Å². The van der Waals surface area contributed by atoms with Gasteiger partial charge in [-0.05, 0) is 56.5 Å². The van der Waals surface area contributed by atoms with Crippen molar-refractivity contribution in [1.82, 2.24) is 9.97 Å². The smallest absolute Gasteiger partial charge is 0.140 e. The molecular weight excluding hydrogens is 306 g/mol. The molecule has 118 valence electrons. The second-order valence-corrected chi connectivity index (χ2v) is 6.71. The maximum absolute atomic E-state index is 6.46. The molecule has 2 aromatic carbocycles. The first-order valence-corrected chi connectivity index (χ1v) is 8.61. The number of benzene rings is 2.